The van der Waals surface area contributed by atoms with Gasteiger partial charge in [-0.1, -0.05) is 30.4 Å². The molecule has 0 aliphatic heterocycles. The van der Waals surface area contributed by atoms with Crippen molar-refractivity contribution in [3.63, 3.8) is 0 Å². The van der Waals surface area contributed by atoms with Gasteiger partial charge in [0, 0.05) is 34.0 Å². The van der Waals surface area contributed by atoms with E-state index in [1.165, 1.54) is 23.6 Å². The summed E-state index contributed by atoms with van der Waals surface area (Å²) in [6.07, 6.45) is 6.06. The third-order valence-electron chi connectivity index (χ3n) is 4.88. The maximum atomic E-state index is 12.5. The summed E-state index contributed by atoms with van der Waals surface area (Å²) in [6, 6.07) is 15.5. The van der Waals surface area contributed by atoms with E-state index in [9.17, 15) is 18.0 Å². The van der Waals surface area contributed by atoms with E-state index < -0.39 is 21.3 Å². The normalized spacial score (nSPS) is 11.6. The Morgan fingerprint density at radius 2 is 1.82 bits per heavy atom. The summed E-state index contributed by atoms with van der Waals surface area (Å²) in [4.78, 5) is 28.3. The highest BCUT2D eigenvalue weighted by Crippen LogP contribution is 2.38. The van der Waals surface area contributed by atoms with Crippen molar-refractivity contribution < 1.29 is 13.2 Å². The van der Waals surface area contributed by atoms with Gasteiger partial charge in [-0.3, -0.25) is 9.52 Å². The maximum Gasteiger partial charge on any atom is 0.332 e. The third-order valence-corrected chi connectivity index (χ3v) is 6.39. The topological polar surface area (TPSA) is 110 Å². The van der Waals surface area contributed by atoms with Crippen LogP contribution in [-0.2, 0) is 10.0 Å². The van der Waals surface area contributed by atoms with Gasteiger partial charge in [0.15, 0.2) is 0 Å². The number of methoxy groups -OCH3 is 1. The van der Waals surface area contributed by atoms with E-state index in [2.05, 4.69) is 9.71 Å². The fourth-order valence-electron chi connectivity index (χ4n) is 3.46. The highest BCUT2D eigenvalue weighted by molar-refractivity contribution is 7.92. The van der Waals surface area contributed by atoms with Crippen LogP contribution in [0.15, 0.2) is 75.8 Å². The summed E-state index contributed by atoms with van der Waals surface area (Å²) in [6.45, 7) is 0. The molecule has 0 aliphatic carbocycles. The van der Waals surface area contributed by atoms with E-state index in [1.54, 1.807) is 43.5 Å². The summed E-state index contributed by atoms with van der Waals surface area (Å²) in [5.74, 6) is 0.596. The second-order valence-electron chi connectivity index (χ2n) is 7.38. The minimum absolute atomic E-state index is 0.406. The number of rotatable bonds is 7. The lowest BCUT2D eigenvalue weighted by molar-refractivity contribution is 0.415. The lowest BCUT2D eigenvalue weighted by Gasteiger charge is -2.14. The number of aromatic nitrogens is 2. The van der Waals surface area contributed by atoms with Crippen LogP contribution in [0.3, 0.4) is 0 Å². The smallest absolute Gasteiger partial charge is 0.332 e. The third kappa shape index (κ3) is 5.19. The fraction of sp³-hybridized carbons (Fsp3) is 0.0833. The van der Waals surface area contributed by atoms with Crippen molar-refractivity contribution >= 4 is 39.2 Å². The Bertz CT molecular complexity index is 1540. The molecule has 0 aliphatic rings. The van der Waals surface area contributed by atoms with Crippen molar-refractivity contribution in [2.24, 2.45) is 0 Å². The van der Waals surface area contributed by atoms with E-state index >= 15 is 0 Å². The van der Waals surface area contributed by atoms with Crippen LogP contribution in [0.5, 0.6) is 5.75 Å². The SMILES string of the molecule is COc1c(C=Cc2ccc(NS(C)(=O)=O)cc2)cc(-n2c(=O)cc[nH]c2=O)cc1-c1cccs1. The fourth-order valence-corrected chi connectivity index (χ4v) is 4.76. The van der Waals surface area contributed by atoms with Gasteiger partial charge < -0.3 is 9.72 Å². The Hall–Kier alpha value is -3.89. The number of anilines is 1. The molecule has 0 spiro atoms. The van der Waals surface area contributed by atoms with Gasteiger partial charge in [-0.15, -0.1) is 11.3 Å². The molecule has 0 unspecified atom stereocenters. The van der Waals surface area contributed by atoms with Gasteiger partial charge in [-0.05, 0) is 41.3 Å². The van der Waals surface area contributed by atoms with Crippen LogP contribution in [0.25, 0.3) is 28.3 Å². The number of nitrogens with one attached hydrogen (secondary N) is 2. The first-order valence-electron chi connectivity index (χ1n) is 10.1. The summed E-state index contributed by atoms with van der Waals surface area (Å²) in [5, 5.41) is 1.94. The molecule has 0 saturated heterocycles. The van der Waals surface area contributed by atoms with Crippen molar-refractivity contribution in [3.05, 3.63) is 98.1 Å². The molecule has 10 heteroatoms. The molecule has 8 nitrogen and oxygen atoms in total. The van der Waals surface area contributed by atoms with Gasteiger partial charge in [-0.2, -0.15) is 0 Å². The second kappa shape index (κ2) is 9.54. The number of thiophene rings is 1. The van der Waals surface area contributed by atoms with Crippen LogP contribution in [0, 0.1) is 0 Å². The molecule has 0 amide bonds. The summed E-state index contributed by atoms with van der Waals surface area (Å²) >= 11 is 1.51. The van der Waals surface area contributed by atoms with E-state index in [0.29, 0.717) is 22.7 Å². The molecule has 0 fully saturated rings. The zero-order valence-corrected chi connectivity index (χ0v) is 19.9. The maximum absolute atomic E-state index is 12.5. The number of ether oxygens (including phenoxy) is 1. The van der Waals surface area contributed by atoms with Crippen LogP contribution >= 0.6 is 11.3 Å². The van der Waals surface area contributed by atoms with Gasteiger partial charge in [0.25, 0.3) is 5.56 Å². The summed E-state index contributed by atoms with van der Waals surface area (Å²) in [5.41, 5.74) is 2.10. The van der Waals surface area contributed by atoms with Crippen molar-refractivity contribution in [2.75, 3.05) is 18.1 Å². The number of H-pyrrole nitrogens is 1. The molecule has 2 aromatic carbocycles. The molecule has 0 bridgehead atoms. The molecular weight excluding hydrogens is 474 g/mol. The average molecular weight is 496 g/mol. The Morgan fingerprint density at radius 3 is 2.44 bits per heavy atom. The minimum Gasteiger partial charge on any atom is -0.495 e. The van der Waals surface area contributed by atoms with Crippen molar-refractivity contribution in [1.82, 2.24) is 9.55 Å². The molecule has 2 heterocycles. The lowest BCUT2D eigenvalue weighted by atomic mass is 10.0. The van der Waals surface area contributed by atoms with Crippen molar-refractivity contribution in [3.8, 4) is 21.9 Å². The van der Waals surface area contributed by atoms with E-state index in [1.807, 2.05) is 29.7 Å². The molecule has 0 atom stereocenters. The number of hydrogen-bond acceptors (Lipinski definition) is 6. The minimum atomic E-state index is -3.36. The lowest BCUT2D eigenvalue weighted by Crippen LogP contribution is -2.32. The second-order valence-corrected chi connectivity index (χ2v) is 10.1. The molecule has 2 N–H and O–H groups in total. The monoisotopic (exact) mass is 495 g/mol. The van der Waals surface area contributed by atoms with Crippen LogP contribution in [0.1, 0.15) is 11.1 Å². The molecule has 34 heavy (non-hydrogen) atoms. The number of aromatic amines is 1. The number of sulfonamides is 1. The molecule has 174 valence electrons. The number of nitrogens with zero attached hydrogens (tertiary/aromatic N) is 1. The zero-order chi connectivity index (χ0) is 24.3. The quantitative estimate of drug-likeness (QED) is 0.379. The first-order chi connectivity index (χ1) is 16.2. The van der Waals surface area contributed by atoms with E-state index in [-0.39, 0.29) is 0 Å². The Balaban J connectivity index is 1.82. The number of hydrogen-bond donors (Lipinski definition) is 2. The Kier molecular flexibility index (Phi) is 6.53. The predicted octanol–water partition coefficient (Wildman–Crippen LogP) is 3.80. The number of benzene rings is 2. The van der Waals surface area contributed by atoms with Gasteiger partial charge in [0.05, 0.1) is 19.1 Å². The van der Waals surface area contributed by atoms with Gasteiger partial charge in [0.1, 0.15) is 5.75 Å². The van der Waals surface area contributed by atoms with Crippen LogP contribution in [0.2, 0.25) is 0 Å². The van der Waals surface area contributed by atoms with Crippen LogP contribution in [0.4, 0.5) is 5.69 Å². The molecule has 4 aromatic rings. The zero-order valence-electron chi connectivity index (χ0n) is 18.3. The van der Waals surface area contributed by atoms with Crippen LogP contribution < -0.4 is 20.7 Å². The standard InChI is InChI=1S/C24H21N3O5S2/c1-32-23-17(8-5-16-6-9-18(10-7-16)26-34(2,30)31)14-19(15-20(23)21-4-3-13-33-21)27-22(28)11-12-25-24(27)29/h3-15,26H,1-2H3,(H,25,29). The Labute approximate surface area is 199 Å². The van der Waals surface area contributed by atoms with E-state index in [0.717, 1.165) is 26.8 Å². The highest BCUT2D eigenvalue weighted by Gasteiger charge is 2.15. The summed E-state index contributed by atoms with van der Waals surface area (Å²) in [7, 11) is -1.79. The molecule has 0 saturated carbocycles. The predicted molar refractivity (Wildman–Crippen MR) is 136 cm³/mol. The first-order valence-corrected chi connectivity index (χ1v) is 12.9. The highest BCUT2D eigenvalue weighted by atomic mass is 32.2. The van der Waals surface area contributed by atoms with Gasteiger partial charge >= 0.3 is 5.69 Å². The molecule has 2 aromatic heterocycles. The van der Waals surface area contributed by atoms with E-state index in [4.69, 9.17) is 4.74 Å². The van der Waals surface area contributed by atoms with Crippen LogP contribution in [-0.4, -0.2) is 31.3 Å². The van der Waals surface area contributed by atoms with Crippen molar-refractivity contribution in [2.45, 2.75) is 0 Å². The first kappa shape index (κ1) is 23.3. The molecular formula is C24H21N3O5S2. The molecule has 0 radical (unpaired) electrons. The molecule has 4 rings (SSSR count). The van der Waals surface area contributed by atoms with Crippen molar-refractivity contribution in [1.29, 1.82) is 0 Å². The average Bonchev–Trinajstić information content (AvgIpc) is 3.32. The van der Waals surface area contributed by atoms with Gasteiger partial charge in [-0.25, -0.2) is 17.8 Å². The summed E-state index contributed by atoms with van der Waals surface area (Å²) < 4.78 is 32.0. The van der Waals surface area contributed by atoms with Gasteiger partial charge in [0.2, 0.25) is 10.0 Å². The Morgan fingerprint density at radius 1 is 1.06 bits per heavy atom. The largest absolute Gasteiger partial charge is 0.495 e.